The standard InChI is InChI=1S/C13H8BrClN2O/c14-7-1-3-9(10(15)5-7)13-17-11-4-2-8(16)6-12(11)18-13/h1-6H,16H2. The summed E-state index contributed by atoms with van der Waals surface area (Å²) >= 11 is 9.53. The third-order valence-electron chi connectivity index (χ3n) is 2.57. The van der Waals surface area contributed by atoms with Crippen molar-refractivity contribution in [3.8, 4) is 11.5 Å². The molecule has 0 saturated heterocycles. The van der Waals surface area contributed by atoms with E-state index in [4.69, 9.17) is 21.8 Å². The number of halogens is 2. The summed E-state index contributed by atoms with van der Waals surface area (Å²) < 4.78 is 6.58. The molecule has 0 fully saturated rings. The van der Waals surface area contributed by atoms with Crippen LogP contribution in [0.25, 0.3) is 22.6 Å². The summed E-state index contributed by atoms with van der Waals surface area (Å²) in [6.07, 6.45) is 0. The molecule has 3 aromatic rings. The fourth-order valence-electron chi connectivity index (χ4n) is 1.72. The molecule has 0 atom stereocenters. The van der Waals surface area contributed by atoms with Crippen molar-refractivity contribution in [2.24, 2.45) is 0 Å². The first-order chi connectivity index (χ1) is 8.63. The van der Waals surface area contributed by atoms with E-state index in [1.165, 1.54) is 0 Å². The van der Waals surface area contributed by atoms with Gasteiger partial charge in [-0.2, -0.15) is 0 Å². The van der Waals surface area contributed by atoms with Crippen molar-refractivity contribution < 1.29 is 4.42 Å². The molecule has 0 saturated carbocycles. The van der Waals surface area contributed by atoms with Gasteiger partial charge in [-0.3, -0.25) is 0 Å². The lowest BCUT2D eigenvalue weighted by Gasteiger charge is -1.99. The fourth-order valence-corrected chi connectivity index (χ4v) is 2.47. The van der Waals surface area contributed by atoms with Crippen LogP contribution in [0.1, 0.15) is 0 Å². The Morgan fingerprint density at radius 2 is 2.00 bits per heavy atom. The van der Waals surface area contributed by atoms with Crippen LogP contribution < -0.4 is 5.73 Å². The zero-order chi connectivity index (χ0) is 12.7. The Balaban J connectivity index is 2.19. The Morgan fingerprint density at radius 3 is 2.78 bits per heavy atom. The first-order valence-corrected chi connectivity index (χ1v) is 6.42. The summed E-state index contributed by atoms with van der Waals surface area (Å²) in [5.41, 5.74) is 8.52. The van der Waals surface area contributed by atoms with Crippen LogP contribution in [0.4, 0.5) is 5.69 Å². The molecule has 1 heterocycles. The molecule has 0 bridgehead atoms. The van der Waals surface area contributed by atoms with Crippen LogP contribution in [-0.4, -0.2) is 4.98 Å². The topological polar surface area (TPSA) is 52.0 Å². The van der Waals surface area contributed by atoms with Gasteiger partial charge in [0.05, 0.1) is 10.6 Å². The third kappa shape index (κ3) is 1.98. The van der Waals surface area contributed by atoms with Gasteiger partial charge in [0.25, 0.3) is 0 Å². The Labute approximate surface area is 117 Å². The number of fused-ring (bicyclic) bond motifs is 1. The number of hydrogen-bond donors (Lipinski definition) is 1. The summed E-state index contributed by atoms with van der Waals surface area (Å²) in [5.74, 6) is 0.494. The van der Waals surface area contributed by atoms with Crippen LogP contribution in [0.5, 0.6) is 0 Å². The van der Waals surface area contributed by atoms with Gasteiger partial charge < -0.3 is 10.2 Å². The van der Waals surface area contributed by atoms with Gasteiger partial charge in [0.2, 0.25) is 5.89 Å². The van der Waals surface area contributed by atoms with Crippen LogP contribution >= 0.6 is 27.5 Å². The Morgan fingerprint density at radius 1 is 1.17 bits per heavy atom. The smallest absolute Gasteiger partial charge is 0.228 e. The van der Waals surface area contributed by atoms with Gasteiger partial charge in [0, 0.05) is 16.2 Å². The molecule has 3 nitrogen and oxygen atoms in total. The molecular weight excluding hydrogens is 316 g/mol. The van der Waals surface area contributed by atoms with E-state index < -0.39 is 0 Å². The molecule has 0 aliphatic carbocycles. The molecule has 2 N–H and O–H groups in total. The van der Waals surface area contributed by atoms with Crippen LogP contribution in [0.2, 0.25) is 5.02 Å². The van der Waals surface area contributed by atoms with E-state index in [-0.39, 0.29) is 0 Å². The zero-order valence-corrected chi connectivity index (χ0v) is 11.5. The summed E-state index contributed by atoms with van der Waals surface area (Å²) in [6, 6.07) is 10.9. The average Bonchev–Trinajstić information content (AvgIpc) is 2.71. The van der Waals surface area contributed by atoms with E-state index >= 15 is 0 Å². The van der Waals surface area contributed by atoms with Crippen molar-refractivity contribution >= 4 is 44.3 Å². The molecule has 5 heteroatoms. The van der Waals surface area contributed by atoms with Gasteiger partial charge in [-0.1, -0.05) is 27.5 Å². The van der Waals surface area contributed by atoms with Crippen LogP contribution in [0.15, 0.2) is 45.3 Å². The minimum absolute atomic E-state index is 0.494. The van der Waals surface area contributed by atoms with Crippen LogP contribution in [0, 0.1) is 0 Å². The van der Waals surface area contributed by atoms with E-state index in [1.54, 1.807) is 18.2 Å². The number of nitrogens with two attached hydrogens (primary N) is 1. The van der Waals surface area contributed by atoms with Crippen molar-refractivity contribution in [2.75, 3.05) is 5.73 Å². The number of hydrogen-bond acceptors (Lipinski definition) is 3. The SMILES string of the molecule is Nc1ccc2nc(-c3ccc(Br)cc3Cl)oc2c1. The predicted molar refractivity (Wildman–Crippen MR) is 76.6 cm³/mol. The van der Waals surface area contributed by atoms with E-state index in [1.807, 2.05) is 18.2 Å². The Bertz CT molecular complexity index is 739. The normalized spacial score (nSPS) is 11.0. The molecule has 1 aromatic heterocycles. The summed E-state index contributed by atoms with van der Waals surface area (Å²) in [7, 11) is 0. The van der Waals surface area contributed by atoms with Crippen molar-refractivity contribution in [3.63, 3.8) is 0 Å². The maximum Gasteiger partial charge on any atom is 0.228 e. The third-order valence-corrected chi connectivity index (χ3v) is 3.38. The Kier molecular flexibility index (Phi) is 2.76. The van der Waals surface area contributed by atoms with Crippen LogP contribution in [0.3, 0.4) is 0 Å². The second kappa shape index (κ2) is 4.30. The Hall–Kier alpha value is -1.52. The quantitative estimate of drug-likeness (QED) is 0.671. The highest BCUT2D eigenvalue weighted by Gasteiger charge is 2.11. The molecule has 0 radical (unpaired) electrons. The lowest BCUT2D eigenvalue weighted by atomic mass is 10.2. The van der Waals surface area contributed by atoms with Crippen molar-refractivity contribution in [1.82, 2.24) is 4.98 Å². The molecular formula is C13H8BrClN2O. The number of nitrogen functional groups attached to an aromatic ring is 1. The lowest BCUT2D eigenvalue weighted by Crippen LogP contribution is -1.81. The number of aromatic nitrogens is 1. The second-order valence-corrected chi connectivity index (χ2v) is 5.19. The first-order valence-electron chi connectivity index (χ1n) is 5.25. The maximum absolute atomic E-state index is 6.17. The first kappa shape index (κ1) is 11.6. The summed E-state index contributed by atoms with van der Waals surface area (Å²) in [6.45, 7) is 0. The number of benzene rings is 2. The van der Waals surface area contributed by atoms with Gasteiger partial charge in [-0.25, -0.2) is 4.98 Å². The molecule has 0 aliphatic heterocycles. The van der Waals surface area contributed by atoms with Gasteiger partial charge in [0.15, 0.2) is 5.58 Å². The van der Waals surface area contributed by atoms with Gasteiger partial charge in [-0.15, -0.1) is 0 Å². The number of oxazole rings is 1. The van der Waals surface area contributed by atoms with Crippen molar-refractivity contribution in [3.05, 3.63) is 45.9 Å². The molecule has 18 heavy (non-hydrogen) atoms. The predicted octanol–water partition coefficient (Wildman–Crippen LogP) is 4.49. The van der Waals surface area contributed by atoms with E-state index in [2.05, 4.69) is 20.9 Å². The van der Waals surface area contributed by atoms with E-state index in [9.17, 15) is 0 Å². The molecule has 0 spiro atoms. The highest BCUT2D eigenvalue weighted by atomic mass is 79.9. The molecule has 2 aromatic carbocycles. The van der Waals surface area contributed by atoms with E-state index in [0.29, 0.717) is 22.2 Å². The molecule has 0 aliphatic rings. The molecule has 90 valence electrons. The zero-order valence-electron chi connectivity index (χ0n) is 9.15. The molecule has 3 rings (SSSR count). The number of anilines is 1. The maximum atomic E-state index is 6.17. The minimum atomic E-state index is 0.494. The molecule has 0 amide bonds. The van der Waals surface area contributed by atoms with Gasteiger partial charge >= 0.3 is 0 Å². The largest absolute Gasteiger partial charge is 0.436 e. The monoisotopic (exact) mass is 322 g/mol. The number of rotatable bonds is 1. The average molecular weight is 324 g/mol. The highest BCUT2D eigenvalue weighted by molar-refractivity contribution is 9.10. The molecule has 0 unspecified atom stereocenters. The van der Waals surface area contributed by atoms with Crippen molar-refractivity contribution in [1.29, 1.82) is 0 Å². The van der Waals surface area contributed by atoms with Gasteiger partial charge in [0.1, 0.15) is 5.52 Å². The summed E-state index contributed by atoms with van der Waals surface area (Å²) in [4.78, 5) is 4.39. The minimum Gasteiger partial charge on any atom is -0.436 e. The second-order valence-electron chi connectivity index (χ2n) is 3.87. The fraction of sp³-hybridized carbons (Fsp3) is 0. The van der Waals surface area contributed by atoms with E-state index in [0.717, 1.165) is 15.6 Å². The number of nitrogens with zero attached hydrogens (tertiary/aromatic N) is 1. The lowest BCUT2D eigenvalue weighted by molar-refractivity contribution is 0.620. The van der Waals surface area contributed by atoms with Crippen LogP contribution in [-0.2, 0) is 0 Å². The van der Waals surface area contributed by atoms with Gasteiger partial charge in [-0.05, 0) is 30.3 Å². The summed E-state index contributed by atoms with van der Waals surface area (Å²) in [5, 5.41) is 0.587. The highest BCUT2D eigenvalue weighted by Crippen LogP contribution is 2.32. The van der Waals surface area contributed by atoms with Crippen molar-refractivity contribution in [2.45, 2.75) is 0 Å².